The smallest absolute Gasteiger partial charge is 0.338 e. The summed E-state index contributed by atoms with van der Waals surface area (Å²) in [7, 11) is 0. The Bertz CT molecular complexity index is 1080. The zero-order valence-corrected chi connectivity index (χ0v) is 21.8. The van der Waals surface area contributed by atoms with E-state index < -0.39 is 47.0 Å². The molecule has 0 bridgehead atoms. The molecule has 1 fully saturated rings. The number of carbonyl (C=O) groups excluding carboxylic acids is 4. The van der Waals surface area contributed by atoms with Gasteiger partial charge in [-0.1, -0.05) is 50.3 Å². The van der Waals surface area contributed by atoms with E-state index in [4.69, 9.17) is 9.47 Å². The molecule has 1 N–H and O–H groups in total. The molecule has 0 aromatic heterocycles. The highest BCUT2D eigenvalue weighted by Gasteiger charge is 2.58. The standard InChI is InChI=1S/C29H36O7/c1-17-12-13-28(5,6)24(32)15-23(31)18(2)14-22-25(36-27(33)21-10-8-7-9-11-21)19(3)16-29(22,34)26(17)35-20(4)30/h7-14,17,19,22,25-26,34H,15-16H2,1-6H3/b13-12+,18-14+/t17-,19+,22-,25-,26-,29+/m0/s1. The fourth-order valence-corrected chi connectivity index (χ4v) is 5.21. The first-order valence-corrected chi connectivity index (χ1v) is 12.4. The molecule has 0 radical (unpaired) electrons. The van der Waals surface area contributed by atoms with Crippen LogP contribution in [0.3, 0.4) is 0 Å². The van der Waals surface area contributed by atoms with Crippen molar-refractivity contribution in [3.63, 3.8) is 0 Å². The summed E-state index contributed by atoms with van der Waals surface area (Å²) in [6.45, 7) is 9.98. The van der Waals surface area contributed by atoms with E-state index in [-0.39, 0.29) is 35.9 Å². The minimum Gasteiger partial charge on any atom is -0.459 e. The second-order valence-corrected chi connectivity index (χ2v) is 10.8. The van der Waals surface area contributed by atoms with E-state index in [0.29, 0.717) is 5.56 Å². The summed E-state index contributed by atoms with van der Waals surface area (Å²) in [5.74, 6) is -3.33. The minimum absolute atomic E-state index is 0.181. The number of allylic oxidation sites excluding steroid dienone is 2. The predicted octanol–water partition coefficient (Wildman–Crippen LogP) is 4.24. The van der Waals surface area contributed by atoms with E-state index in [1.54, 1.807) is 76.3 Å². The van der Waals surface area contributed by atoms with E-state index >= 15 is 0 Å². The highest BCUT2D eigenvalue weighted by molar-refractivity contribution is 6.09. The van der Waals surface area contributed by atoms with E-state index in [9.17, 15) is 24.3 Å². The zero-order valence-electron chi connectivity index (χ0n) is 21.8. The second-order valence-electron chi connectivity index (χ2n) is 10.8. The van der Waals surface area contributed by atoms with Gasteiger partial charge in [0.05, 0.1) is 12.0 Å². The Morgan fingerprint density at radius 3 is 2.31 bits per heavy atom. The quantitative estimate of drug-likeness (QED) is 0.379. The van der Waals surface area contributed by atoms with Crippen molar-refractivity contribution < 1.29 is 33.8 Å². The van der Waals surface area contributed by atoms with Crippen LogP contribution < -0.4 is 0 Å². The summed E-state index contributed by atoms with van der Waals surface area (Å²) >= 11 is 0. The molecule has 0 spiro atoms. The Kier molecular flexibility index (Phi) is 8.04. The maximum absolute atomic E-state index is 13.0. The van der Waals surface area contributed by atoms with Gasteiger partial charge in [0.1, 0.15) is 23.6 Å². The van der Waals surface area contributed by atoms with Gasteiger partial charge in [-0.2, -0.15) is 0 Å². The van der Waals surface area contributed by atoms with Crippen molar-refractivity contribution in [2.24, 2.45) is 23.2 Å². The van der Waals surface area contributed by atoms with Crippen LogP contribution in [0.5, 0.6) is 0 Å². The zero-order chi connectivity index (χ0) is 26.8. The molecule has 7 heteroatoms. The van der Waals surface area contributed by atoms with Crippen LogP contribution in [-0.2, 0) is 23.9 Å². The molecule has 7 nitrogen and oxygen atoms in total. The molecule has 194 valence electrons. The molecule has 1 aromatic carbocycles. The lowest BCUT2D eigenvalue weighted by molar-refractivity contribution is -0.173. The second kappa shape index (κ2) is 10.5. The number of Topliss-reactive ketones (excluding diaryl/α,β-unsaturated/α-hetero) is 2. The molecule has 1 saturated carbocycles. The van der Waals surface area contributed by atoms with Crippen LogP contribution in [0.25, 0.3) is 0 Å². The third kappa shape index (κ3) is 5.67. The highest BCUT2D eigenvalue weighted by Crippen LogP contribution is 2.48. The van der Waals surface area contributed by atoms with Crippen molar-refractivity contribution in [3.8, 4) is 0 Å². The maximum atomic E-state index is 13.0. The summed E-state index contributed by atoms with van der Waals surface area (Å²) in [6, 6.07) is 8.53. The number of esters is 2. The molecular weight excluding hydrogens is 460 g/mol. The van der Waals surface area contributed by atoms with Crippen LogP contribution in [0, 0.1) is 23.2 Å². The van der Waals surface area contributed by atoms with Crippen molar-refractivity contribution in [1.29, 1.82) is 0 Å². The third-order valence-electron chi connectivity index (χ3n) is 7.38. The minimum atomic E-state index is -1.62. The number of ether oxygens (including phenoxy) is 2. The van der Waals surface area contributed by atoms with Crippen LogP contribution in [0.4, 0.5) is 0 Å². The van der Waals surface area contributed by atoms with Crippen molar-refractivity contribution >= 4 is 23.5 Å². The lowest BCUT2D eigenvalue weighted by Crippen LogP contribution is -2.52. The number of benzene rings is 1. The van der Waals surface area contributed by atoms with Crippen molar-refractivity contribution in [3.05, 3.63) is 59.7 Å². The first-order valence-electron chi connectivity index (χ1n) is 12.4. The molecule has 2 aliphatic rings. The summed E-state index contributed by atoms with van der Waals surface area (Å²) < 4.78 is 11.6. The largest absolute Gasteiger partial charge is 0.459 e. The normalized spacial score (nSPS) is 34.9. The summed E-state index contributed by atoms with van der Waals surface area (Å²) in [4.78, 5) is 50.9. The van der Waals surface area contributed by atoms with Gasteiger partial charge < -0.3 is 14.6 Å². The van der Waals surface area contributed by atoms with Crippen LogP contribution >= 0.6 is 0 Å². The Morgan fingerprint density at radius 1 is 1.06 bits per heavy atom. The van der Waals surface area contributed by atoms with Gasteiger partial charge in [0.2, 0.25) is 0 Å². The maximum Gasteiger partial charge on any atom is 0.338 e. The topological polar surface area (TPSA) is 107 Å². The Balaban J connectivity index is 2.12. The Labute approximate surface area is 212 Å². The summed E-state index contributed by atoms with van der Waals surface area (Å²) in [5.41, 5.74) is -1.88. The number of ketones is 2. The molecule has 2 aliphatic carbocycles. The SMILES string of the molecule is CC(=O)O[C@H]1[C@@H](C)/C=C/C(C)(C)C(=O)CC(=O)/C(C)=C/[C@H]2[C@@H](OC(=O)c3ccccc3)[C@H](C)C[C@@]21O. The molecule has 0 amide bonds. The number of hydrogen-bond donors (Lipinski definition) is 1. The van der Waals surface area contributed by atoms with E-state index in [2.05, 4.69) is 0 Å². The molecule has 6 atom stereocenters. The summed E-state index contributed by atoms with van der Waals surface area (Å²) in [6.07, 6.45) is 3.16. The van der Waals surface area contributed by atoms with Crippen LogP contribution in [0.1, 0.15) is 64.7 Å². The fourth-order valence-electron chi connectivity index (χ4n) is 5.21. The average molecular weight is 497 g/mol. The molecular formula is C29H36O7. The third-order valence-corrected chi connectivity index (χ3v) is 7.38. The van der Waals surface area contributed by atoms with Crippen LogP contribution in [0.2, 0.25) is 0 Å². The lowest BCUT2D eigenvalue weighted by Gasteiger charge is -2.39. The molecule has 0 aliphatic heterocycles. The Hall–Kier alpha value is -3.06. The van der Waals surface area contributed by atoms with Gasteiger partial charge in [0.15, 0.2) is 5.78 Å². The van der Waals surface area contributed by atoms with Crippen molar-refractivity contribution in [2.45, 2.75) is 72.2 Å². The number of carbonyl (C=O) groups is 4. The number of aliphatic hydroxyl groups is 1. The van der Waals surface area contributed by atoms with Crippen molar-refractivity contribution in [1.82, 2.24) is 0 Å². The van der Waals surface area contributed by atoms with E-state index in [1.807, 2.05) is 6.92 Å². The molecule has 3 rings (SSSR count). The molecule has 0 saturated heterocycles. The average Bonchev–Trinajstić information content (AvgIpc) is 3.05. The number of hydrogen-bond acceptors (Lipinski definition) is 7. The first kappa shape index (κ1) is 27.5. The first-order chi connectivity index (χ1) is 16.8. The van der Waals surface area contributed by atoms with Gasteiger partial charge >= 0.3 is 11.9 Å². The lowest BCUT2D eigenvalue weighted by atomic mass is 9.76. The number of fused-ring (bicyclic) bond motifs is 1. The molecule has 1 aromatic rings. The Morgan fingerprint density at radius 2 is 1.69 bits per heavy atom. The van der Waals surface area contributed by atoms with Gasteiger partial charge in [-0.15, -0.1) is 0 Å². The highest BCUT2D eigenvalue weighted by atomic mass is 16.6. The monoisotopic (exact) mass is 496 g/mol. The van der Waals surface area contributed by atoms with Gasteiger partial charge in [-0.25, -0.2) is 4.79 Å². The van der Waals surface area contributed by atoms with Gasteiger partial charge in [-0.3, -0.25) is 14.4 Å². The van der Waals surface area contributed by atoms with Crippen LogP contribution in [0.15, 0.2) is 54.1 Å². The van der Waals surface area contributed by atoms with E-state index in [0.717, 1.165) is 0 Å². The molecule has 36 heavy (non-hydrogen) atoms. The fraction of sp³-hybridized carbons (Fsp3) is 0.517. The van der Waals surface area contributed by atoms with Crippen molar-refractivity contribution in [2.75, 3.05) is 0 Å². The predicted molar refractivity (Wildman–Crippen MR) is 134 cm³/mol. The van der Waals surface area contributed by atoms with Gasteiger partial charge in [0.25, 0.3) is 0 Å². The van der Waals surface area contributed by atoms with Gasteiger partial charge in [-0.05, 0) is 50.8 Å². The van der Waals surface area contributed by atoms with Crippen LogP contribution in [-0.4, -0.2) is 46.4 Å². The van der Waals surface area contributed by atoms with E-state index in [1.165, 1.54) is 6.92 Å². The molecule has 0 heterocycles. The van der Waals surface area contributed by atoms with Gasteiger partial charge in [0, 0.05) is 24.2 Å². The summed E-state index contributed by atoms with van der Waals surface area (Å²) in [5, 5.41) is 12.2. The number of rotatable bonds is 3. The molecule has 0 unspecified atom stereocenters.